The van der Waals surface area contributed by atoms with Crippen LogP contribution in [0.15, 0.2) is 12.4 Å². The quantitative estimate of drug-likeness (QED) is 0.821. The molecule has 17 heavy (non-hydrogen) atoms. The van der Waals surface area contributed by atoms with E-state index >= 15 is 0 Å². The Labute approximate surface area is 105 Å². The third-order valence-electron chi connectivity index (χ3n) is 3.95. The molecule has 1 fully saturated rings. The van der Waals surface area contributed by atoms with Gasteiger partial charge >= 0.3 is 0 Å². The minimum Gasteiger partial charge on any atom is -0.335 e. The standard InChI is InChI=1S/C14H25N3/c1-4-17-8-7-15-14(17)9-12-5-6-13(12)10-16-11(2)3/h7-8,11-13,16H,4-6,9-10H2,1-3H3. The summed E-state index contributed by atoms with van der Waals surface area (Å²) >= 11 is 0. The van der Waals surface area contributed by atoms with Gasteiger partial charge in [-0.3, -0.25) is 0 Å². The molecule has 1 aliphatic rings. The van der Waals surface area contributed by atoms with Crippen LogP contribution in [-0.4, -0.2) is 22.1 Å². The molecular weight excluding hydrogens is 210 g/mol. The fourth-order valence-corrected chi connectivity index (χ4v) is 2.62. The van der Waals surface area contributed by atoms with Crippen LogP contribution < -0.4 is 5.32 Å². The summed E-state index contributed by atoms with van der Waals surface area (Å²) in [5.74, 6) is 2.97. The van der Waals surface area contributed by atoms with E-state index in [0.717, 1.165) is 24.8 Å². The molecule has 0 bridgehead atoms. The largest absolute Gasteiger partial charge is 0.335 e. The van der Waals surface area contributed by atoms with E-state index in [1.54, 1.807) is 0 Å². The highest BCUT2D eigenvalue weighted by molar-refractivity contribution is 4.97. The summed E-state index contributed by atoms with van der Waals surface area (Å²) < 4.78 is 2.27. The van der Waals surface area contributed by atoms with E-state index < -0.39 is 0 Å². The Bertz CT molecular complexity index is 343. The van der Waals surface area contributed by atoms with E-state index in [2.05, 4.69) is 41.8 Å². The molecule has 3 nitrogen and oxygen atoms in total. The first-order valence-electron chi connectivity index (χ1n) is 6.94. The number of rotatable bonds is 6. The summed E-state index contributed by atoms with van der Waals surface area (Å²) in [5.41, 5.74) is 0. The maximum atomic E-state index is 4.48. The molecule has 1 saturated carbocycles. The van der Waals surface area contributed by atoms with Gasteiger partial charge in [-0.2, -0.15) is 0 Å². The number of aryl methyl sites for hydroxylation is 1. The van der Waals surface area contributed by atoms with Crippen LogP contribution in [0.5, 0.6) is 0 Å². The minimum atomic E-state index is 0.605. The van der Waals surface area contributed by atoms with Crippen LogP contribution in [0, 0.1) is 11.8 Å². The topological polar surface area (TPSA) is 29.9 Å². The lowest BCUT2D eigenvalue weighted by Crippen LogP contribution is -2.39. The lowest BCUT2D eigenvalue weighted by Gasteiger charge is -2.37. The molecule has 3 heteroatoms. The first-order valence-corrected chi connectivity index (χ1v) is 6.94. The van der Waals surface area contributed by atoms with Crippen molar-refractivity contribution in [1.29, 1.82) is 0 Å². The van der Waals surface area contributed by atoms with Crippen LogP contribution in [0.1, 0.15) is 39.4 Å². The van der Waals surface area contributed by atoms with Crippen molar-refractivity contribution in [3.63, 3.8) is 0 Å². The number of aromatic nitrogens is 2. The van der Waals surface area contributed by atoms with Crippen molar-refractivity contribution in [2.45, 2.75) is 52.6 Å². The van der Waals surface area contributed by atoms with Crippen molar-refractivity contribution in [1.82, 2.24) is 14.9 Å². The summed E-state index contributed by atoms with van der Waals surface area (Å²) in [6, 6.07) is 0.605. The molecule has 0 aliphatic heterocycles. The van der Waals surface area contributed by atoms with Gasteiger partial charge in [0, 0.05) is 31.4 Å². The zero-order chi connectivity index (χ0) is 12.3. The number of imidazole rings is 1. The van der Waals surface area contributed by atoms with Gasteiger partial charge in [0.05, 0.1) is 0 Å². The van der Waals surface area contributed by atoms with Crippen molar-refractivity contribution in [2.75, 3.05) is 6.54 Å². The van der Waals surface area contributed by atoms with Crippen LogP contribution in [0.3, 0.4) is 0 Å². The van der Waals surface area contributed by atoms with Gasteiger partial charge in [0.1, 0.15) is 5.82 Å². The number of nitrogens with zero attached hydrogens (tertiary/aromatic N) is 2. The fourth-order valence-electron chi connectivity index (χ4n) is 2.62. The molecule has 1 aromatic heterocycles. The first-order chi connectivity index (χ1) is 8.20. The number of hydrogen-bond donors (Lipinski definition) is 1. The molecule has 0 amide bonds. The molecule has 0 aromatic carbocycles. The number of nitrogens with one attached hydrogen (secondary N) is 1. The fraction of sp³-hybridized carbons (Fsp3) is 0.786. The zero-order valence-corrected chi connectivity index (χ0v) is 11.3. The van der Waals surface area contributed by atoms with Crippen LogP contribution in [0.4, 0.5) is 0 Å². The van der Waals surface area contributed by atoms with Gasteiger partial charge < -0.3 is 9.88 Å². The lowest BCUT2D eigenvalue weighted by atomic mass is 9.71. The Morgan fingerprint density at radius 1 is 1.41 bits per heavy atom. The summed E-state index contributed by atoms with van der Waals surface area (Å²) in [5, 5.41) is 3.56. The van der Waals surface area contributed by atoms with E-state index in [1.807, 2.05) is 6.20 Å². The summed E-state index contributed by atoms with van der Waals surface area (Å²) in [4.78, 5) is 4.48. The summed E-state index contributed by atoms with van der Waals surface area (Å²) in [6.07, 6.45) is 7.94. The normalized spacial score (nSPS) is 24.0. The van der Waals surface area contributed by atoms with E-state index in [0.29, 0.717) is 6.04 Å². The lowest BCUT2D eigenvalue weighted by molar-refractivity contribution is 0.164. The molecule has 1 N–H and O–H groups in total. The third-order valence-corrected chi connectivity index (χ3v) is 3.95. The molecule has 2 atom stereocenters. The van der Waals surface area contributed by atoms with Crippen molar-refractivity contribution in [2.24, 2.45) is 11.8 Å². The van der Waals surface area contributed by atoms with Gasteiger partial charge in [-0.1, -0.05) is 13.8 Å². The average Bonchev–Trinajstić information content (AvgIpc) is 2.71. The Kier molecular flexibility index (Phi) is 4.21. The highest BCUT2D eigenvalue weighted by Gasteiger charge is 2.31. The van der Waals surface area contributed by atoms with Gasteiger partial charge in [-0.05, 0) is 38.1 Å². The second kappa shape index (κ2) is 5.67. The van der Waals surface area contributed by atoms with Crippen molar-refractivity contribution >= 4 is 0 Å². The van der Waals surface area contributed by atoms with E-state index in [4.69, 9.17) is 0 Å². The van der Waals surface area contributed by atoms with Crippen molar-refractivity contribution in [3.8, 4) is 0 Å². The molecule has 0 saturated heterocycles. The molecule has 1 aliphatic carbocycles. The summed E-state index contributed by atoms with van der Waals surface area (Å²) in [7, 11) is 0. The molecular formula is C14H25N3. The Morgan fingerprint density at radius 3 is 2.76 bits per heavy atom. The van der Waals surface area contributed by atoms with Crippen LogP contribution in [0.25, 0.3) is 0 Å². The van der Waals surface area contributed by atoms with Crippen molar-refractivity contribution in [3.05, 3.63) is 18.2 Å². The third kappa shape index (κ3) is 3.09. The van der Waals surface area contributed by atoms with Gasteiger partial charge in [-0.25, -0.2) is 4.98 Å². The second-order valence-electron chi connectivity index (χ2n) is 5.49. The Morgan fingerprint density at radius 2 is 2.18 bits per heavy atom. The monoisotopic (exact) mass is 235 g/mol. The molecule has 2 unspecified atom stereocenters. The van der Waals surface area contributed by atoms with Gasteiger partial charge in [0.25, 0.3) is 0 Å². The van der Waals surface area contributed by atoms with Gasteiger partial charge in [-0.15, -0.1) is 0 Å². The molecule has 0 radical (unpaired) electrons. The van der Waals surface area contributed by atoms with E-state index in [9.17, 15) is 0 Å². The molecule has 2 rings (SSSR count). The van der Waals surface area contributed by atoms with Crippen LogP contribution >= 0.6 is 0 Å². The summed E-state index contributed by atoms with van der Waals surface area (Å²) in [6.45, 7) is 8.84. The minimum absolute atomic E-state index is 0.605. The van der Waals surface area contributed by atoms with Crippen LogP contribution in [-0.2, 0) is 13.0 Å². The maximum absolute atomic E-state index is 4.48. The van der Waals surface area contributed by atoms with E-state index in [-0.39, 0.29) is 0 Å². The Hall–Kier alpha value is -0.830. The highest BCUT2D eigenvalue weighted by atomic mass is 15.1. The Balaban J connectivity index is 1.83. The first kappa shape index (κ1) is 12.6. The molecule has 1 aromatic rings. The maximum Gasteiger partial charge on any atom is 0.108 e. The highest BCUT2D eigenvalue weighted by Crippen LogP contribution is 2.36. The predicted octanol–water partition coefficient (Wildman–Crippen LogP) is 2.47. The molecule has 0 spiro atoms. The molecule has 1 heterocycles. The van der Waals surface area contributed by atoms with Crippen molar-refractivity contribution < 1.29 is 0 Å². The average molecular weight is 235 g/mol. The second-order valence-corrected chi connectivity index (χ2v) is 5.49. The number of hydrogen-bond acceptors (Lipinski definition) is 2. The SMILES string of the molecule is CCn1ccnc1CC1CCC1CNC(C)C. The zero-order valence-electron chi connectivity index (χ0n) is 11.3. The smallest absolute Gasteiger partial charge is 0.108 e. The van der Waals surface area contributed by atoms with Gasteiger partial charge in [0.15, 0.2) is 0 Å². The van der Waals surface area contributed by atoms with Crippen LogP contribution in [0.2, 0.25) is 0 Å². The predicted molar refractivity (Wildman–Crippen MR) is 71.0 cm³/mol. The van der Waals surface area contributed by atoms with Gasteiger partial charge in [0.2, 0.25) is 0 Å². The van der Waals surface area contributed by atoms with E-state index in [1.165, 1.54) is 25.2 Å². The molecule has 96 valence electrons.